The molecule has 4 heteroatoms. The molecule has 4 aliphatic carbocycles. The van der Waals surface area contributed by atoms with Crippen LogP contribution in [0.25, 0.3) is 0 Å². The number of rotatable bonds is 7. The maximum absolute atomic E-state index is 4.93. The second-order valence-corrected chi connectivity index (χ2v) is 26.9. The molecule has 0 heterocycles. The Balaban J connectivity index is 0.00000126. The fourth-order valence-corrected chi connectivity index (χ4v) is 20.8. The van der Waals surface area contributed by atoms with Crippen molar-refractivity contribution in [3.8, 4) is 0 Å². The Morgan fingerprint density at radius 2 is 1.16 bits per heavy atom. The molecule has 274 valence electrons. The molecular formula is C45H72Cl2SiZr. The Morgan fingerprint density at radius 3 is 1.61 bits per heavy atom. The molecule has 0 aliphatic heterocycles. The predicted octanol–water partition coefficient (Wildman–Crippen LogP) is 15.2. The van der Waals surface area contributed by atoms with E-state index in [0.717, 1.165) is 64.3 Å². The van der Waals surface area contributed by atoms with Gasteiger partial charge in [-0.1, -0.05) is 147 Å². The summed E-state index contributed by atoms with van der Waals surface area (Å²) in [6.07, 6.45) is 11.8. The molecule has 4 saturated carbocycles. The van der Waals surface area contributed by atoms with Crippen LogP contribution in [0.5, 0.6) is 0 Å². The van der Waals surface area contributed by atoms with E-state index in [4.69, 9.17) is 17.0 Å². The molecule has 4 aliphatic rings. The molecule has 2 aromatic carbocycles. The van der Waals surface area contributed by atoms with Gasteiger partial charge in [-0.05, 0) is 119 Å². The Bertz CT molecular complexity index is 1260. The normalized spacial score (nSPS) is 32.5. The summed E-state index contributed by atoms with van der Waals surface area (Å²) in [4.78, 5) is 0. The number of aryl methyl sites for hydroxylation is 1. The van der Waals surface area contributed by atoms with Crippen LogP contribution in [0.2, 0.25) is 23.2 Å². The Morgan fingerprint density at radius 1 is 0.714 bits per heavy atom. The summed E-state index contributed by atoms with van der Waals surface area (Å²) in [5.74, 6) is 8.03. The van der Waals surface area contributed by atoms with Gasteiger partial charge in [-0.25, -0.2) is 0 Å². The molecule has 0 aromatic heterocycles. The number of halogens is 2. The van der Waals surface area contributed by atoms with Gasteiger partial charge in [0.15, 0.2) is 0 Å². The van der Waals surface area contributed by atoms with Crippen LogP contribution in [0.1, 0.15) is 141 Å². The molecule has 49 heavy (non-hydrogen) atoms. The van der Waals surface area contributed by atoms with Gasteiger partial charge in [0.05, 0.1) is 8.07 Å². The Hall–Kier alpha value is 0.120. The zero-order valence-corrected chi connectivity index (χ0v) is 38.3. The molecule has 10 unspecified atom stereocenters. The van der Waals surface area contributed by atoms with Crippen molar-refractivity contribution in [3.05, 3.63) is 85.6 Å². The molecule has 0 amide bonds. The number of fused-ring (bicyclic) bond motifs is 2. The van der Waals surface area contributed by atoms with Crippen molar-refractivity contribution in [1.82, 2.24) is 0 Å². The third-order valence-electron chi connectivity index (χ3n) is 14.6. The first-order valence-corrected chi connectivity index (χ1v) is 28.4. The van der Waals surface area contributed by atoms with Crippen LogP contribution < -0.4 is 0 Å². The van der Waals surface area contributed by atoms with Crippen LogP contribution in [0, 0.1) is 63.2 Å². The van der Waals surface area contributed by atoms with Crippen LogP contribution >= 0.6 is 17.0 Å². The van der Waals surface area contributed by atoms with Gasteiger partial charge in [0, 0.05) is 0 Å². The summed E-state index contributed by atoms with van der Waals surface area (Å²) in [5, 5.41) is 0. The van der Waals surface area contributed by atoms with E-state index in [-0.39, 0.29) is 20.3 Å². The van der Waals surface area contributed by atoms with Crippen LogP contribution in [0.3, 0.4) is 0 Å². The topological polar surface area (TPSA) is 0 Å². The average molecular weight is 803 g/mol. The third-order valence-corrected chi connectivity index (χ3v) is 21.8. The van der Waals surface area contributed by atoms with Crippen molar-refractivity contribution in [2.24, 2.45) is 41.4 Å². The second kappa shape index (κ2) is 18.4. The van der Waals surface area contributed by atoms with E-state index in [9.17, 15) is 0 Å². The van der Waals surface area contributed by atoms with Gasteiger partial charge < -0.3 is 14.9 Å². The summed E-state index contributed by atoms with van der Waals surface area (Å²) in [5.41, 5.74) is 8.52. The quantitative estimate of drug-likeness (QED) is 0.193. The Kier molecular flexibility index (Phi) is 16.4. The zero-order valence-electron chi connectivity index (χ0n) is 33.3. The second-order valence-electron chi connectivity index (χ2n) is 17.9. The van der Waals surface area contributed by atoms with Gasteiger partial charge in [-0.15, -0.1) is 0 Å². The summed E-state index contributed by atoms with van der Waals surface area (Å²) in [7, 11) is 8.28. The molecule has 0 bridgehead atoms. The van der Waals surface area contributed by atoms with E-state index in [1.807, 2.05) is 0 Å². The van der Waals surface area contributed by atoms with E-state index in [0.29, 0.717) is 0 Å². The minimum atomic E-state index is -1.59. The van der Waals surface area contributed by atoms with Crippen molar-refractivity contribution in [2.75, 3.05) is 0 Å². The first-order chi connectivity index (χ1) is 22.4. The van der Waals surface area contributed by atoms with Crippen LogP contribution in [-0.4, -0.2) is 8.07 Å². The zero-order chi connectivity index (χ0) is 34.1. The molecule has 0 spiro atoms. The van der Waals surface area contributed by atoms with Gasteiger partial charge >= 0.3 is 37.9 Å². The van der Waals surface area contributed by atoms with Gasteiger partial charge in [0.1, 0.15) is 0 Å². The molecule has 2 aromatic rings. The summed E-state index contributed by atoms with van der Waals surface area (Å²) < 4.78 is 0. The predicted molar refractivity (Wildman–Crippen MR) is 219 cm³/mol. The minimum absolute atomic E-state index is 0. The van der Waals surface area contributed by atoms with E-state index < -0.39 is 28.9 Å². The number of benzene rings is 2. The van der Waals surface area contributed by atoms with Crippen molar-refractivity contribution < 1.29 is 20.8 Å². The third kappa shape index (κ3) is 8.76. The van der Waals surface area contributed by atoms with Crippen molar-refractivity contribution in [2.45, 2.75) is 154 Å². The SMILES string of the molecule is CC[Si](CC)(C1C(C)CC2C(c3ccc(C)cc3)CCCC21)C1C(C(C)C)CC2C(c3ccc(C(C)(C)C)cc3)CCCC21.[CH3-].[CH3-].[Cl][Zr+2][Cl]. The van der Waals surface area contributed by atoms with E-state index >= 15 is 0 Å². The van der Waals surface area contributed by atoms with Gasteiger partial charge in [-0.3, -0.25) is 0 Å². The van der Waals surface area contributed by atoms with E-state index in [1.54, 1.807) is 11.1 Å². The van der Waals surface area contributed by atoms with Crippen LogP contribution in [0.4, 0.5) is 0 Å². The average Bonchev–Trinajstić information content (AvgIpc) is 3.61. The molecule has 4 fully saturated rings. The van der Waals surface area contributed by atoms with Gasteiger partial charge in [0.2, 0.25) is 0 Å². The van der Waals surface area contributed by atoms with E-state index in [1.165, 1.54) is 74.6 Å². The first-order valence-electron chi connectivity index (χ1n) is 19.5. The van der Waals surface area contributed by atoms with Gasteiger partial charge in [0.25, 0.3) is 0 Å². The Labute approximate surface area is 324 Å². The fraction of sp³-hybridized carbons (Fsp3) is 0.689. The number of hydrogen-bond donors (Lipinski definition) is 0. The maximum atomic E-state index is 4.93. The molecule has 0 saturated heterocycles. The molecule has 0 N–H and O–H groups in total. The summed E-state index contributed by atoms with van der Waals surface area (Å²) in [6.45, 7) is 22.7. The first kappa shape index (κ1) is 43.5. The van der Waals surface area contributed by atoms with Crippen molar-refractivity contribution >= 4 is 25.1 Å². The fourth-order valence-electron chi connectivity index (χ4n) is 12.8. The van der Waals surface area contributed by atoms with Crippen LogP contribution in [0.15, 0.2) is 48.5 Å². The van der Waals surface area contributed by atoms with Crippen molar-refractivity contribution in [1.29, 1.82) is 0 Å². The standard InChI is InChI=1S/C43H66Si.2CH3.2ClH.Zr/c1-10-44(11-2,41-30(6)26-39-34(14-12-16-36(39)41)31-20-18-29(5)19-21-31)42-37-17-13-15-35(40(37)27-38(42)28(3)4)32-22-24-33(25-23-32)43(7,8)9;;;;;/h18-25,28,30,34-42H,10-17,26-27H2,1-9H3;2*1H3;2*1H;/q;2*-1;;;+4/p-2. The molecule has 6 rings (SSSR count). The van der Waals surface area contributed by atoms with Crippen LogP contribution in [-0.2, 0) is 26.3 Å². The molecule has 0 nitrogen and oxygen atoms in total. The van der Waals surface area contributed by atoms with Crippen molar-refractivity contribution in [3.63, 3.8) is 0 Å². The number of hydrogen-bond acceptors (Lipinski definition) is 0. The molecular weight excluding hydrogens is 731 g/mol. The summed E-state index contributed by atoms with van der Waals surface area (Å²) >= 11 is -0.826. The monoisotopic (exact) mass is 800 g/mol. The molecule has 10 atom stereocenters. The summed E-state index contributed by atoms with van der Waals surface area (Å²) in [6, 6.07) is 22.8. The molecule has 0 radical (unpaired) electrons. The van der Waals surface area contributed by atoms with Gasteiger partial charge in [-0.2, -0.15) is 0 Å². The van der Waals surface area contributed by atoms with E-state index in [2.05, 4.69) is 111 Å².